The number of aromatic nitrogens is 3. The van der Waals surface area contributed by atoms with Crippen LogP contribution in [0.2, 0.25) is 0 Å². The normalized spacial score (nSPS) is 25.8. The number of nitrogens with one attached hydrogen (secondary N) is 2. The maximum absolute atomic E-state index is 4.56. The molecule has 4 unspecified atom stereocenters. The third-order valence-electron chi connectivity index (χ3n) is 6.18. The van der Waals surface area contributed by atoms with E-state index in [0.717, 1.165) is 23.9 Å². The van der Waals surface area contributed by atoms with Crippen LogP contribution in [0.5, 0.6) is 0 Å². The van der Waals surface area contributed by atoms with Gasteiger partial charge in [-0.3, -0.25) is 0 Å². The van der Waals surface area contributed by atoms with E-state index in [2.05, 4.69) is 79.3 Å². The fourth-order valence-electron chi connectivity index (χ4n) is 3.71. The zero-order chi connectivity index (χ0) is 18.1. The van der Waals surface area contributed by atoms with Crippen LogP contribution in [0, 0.1) is 38.5 Å². The van der Waals surface area contributed by atoms with Crippen molar-refractivity contribution in [2.24, 2.45) is 17.8 Å². The van der Waals surface area contributed by atoms with Crippen LogP contribution in [0.4, 0.5) is 17.6 Å². The summed E-state index contributed by atoms with van der Waals surface area (Å²) in [5.74, 6) is 3.29. The molecule has 1 aliphatic rings. The average Bonchev–Trinajstić information content (AvgIpc) is 2.83. The fourth-order valence-corrected chi connectivity index (χ4v) is 3.71. The molecule has 4 atom stereocenters. The van der Waals surface area contributed by atoms with E-state index in [4.69, 9.17) is 0 Å². The van der Waals surface area contributed by atoms with Crippen LogP contribution < -0.4 is 10.6 Å². The van der Waals surface area contributed by atoms with E-state index in [9.17, 15) is 0 Å². The smallest absolute Gasteiger partial charge is 0.232 e. The van der Waals surface area contributed by atoms with Gasteiger partial charge in [0.15, 0.2) is 0 Å². The van der Waals surface area contributed by atoms with Gasteiger partial charge in [0, 0.05) is 11.7 Å². The molecule has 0 aliphatic heterocycles. The molecular weight excluding hydrogens is 310 g/mol. The second-order valence-electron chi connectivity index (χ2n) is 7.62. The summed E-state index contributed by atoms with van der Waals surface area (Å²) in [5.41, 5.74) is 4.85. The minimum atomic E-state index is 0.420. The molecule has 0 amide bonds. The van der Waals surface area contributed by atoms with Crippen LogP contribution in [0.15, 0.2) is 18.5 Å². The summed E-state index contributed by atoms with van der Waals surface area (Å²) in [6.45, 7) is 13.4. The molecule has 3 rings (SSSR count). The molecule has 1 saturated carbocycles. The van der Waals surface area contributed by atoms with Gasteiger partial charge in [0.25, 0.3) is 0 Å². The number of nitrogens with zero attached hydrogens (tertiary/aromatic N) is 3. The summed E-state index contributed by atoms with van der Waals surface area (Å²) in [7, 11) is 0. The molecule has 25 heavy (non-hydrogen) atoms. The number of hydrogen-bond donors (Lipinski definition) is 2. The topological polar surface area (TPSA) is 62.7 Å². The summed E-state index contributed by atoms with van der Waals surface area (Å²) in [6.07, 6.45) is 2.73. The van der Waals surface area contributed by atoms with Gasteiger partial charge in [-0.25, -0.2) is 9.97 Å². The van der Waals surface area contributed by atoms with E-state index in [-0.39, 0.29) is 0 Å². The number of benzene rings is 1. The highest BCUT2D eigenvalue weighted by Crippen LogP contribution is 2.37. The van der Waals surface area contributed by atoms with Crippen LogP contribution in [0.3, 0.4) is 0 Å². The lowest BCUT2D eigenvalue weighted by molar-refractivity contribution is 0.374. The molecule has 1 fully saturated rings. The predicted molar refractivity (Wildman–Crippen MR) is 103 cm³/mol. The van der Waals surface area contributed by atoms with Crippen LogP contribution in [0.25, 0.3) is 0 Å². The summed E-state index contributed by atoms with van der Waals surface area (Å²) in [4.78, 5) is 13.2. The molecule has 2 aromatic rings. The van der Waals surface area contributed by atoms with Crippen molar-refractivity contribution in [1.29, 1.82) is 0 Å². The second-order valence-corrected chi connectivity index (χ2v) is 7.62. The lowest BCUT2D eigenvalue weighted by Crippen LogP contribution is -2.25. The lowest BCUT2D eigenvalue weighted by atomic mass is 9.93. The Balaban J connectivity index is 1.75. The van der Waals surface area contributed by atoms with Crippen molar-refractivity contribution < 1.29 is 0 Å². The summed E-state index contributed by atoms with van der Waals surface area (Å²) >= 11 is 0. The van der Waals surface area contributed by atoms with Crippen LogP contribution >= 0.6 is 0 Å². The first-order valence-corrected chi connectivity index (χ1v) is 9.16. The molecule has 1 aromatic carbocycles. The Kier molecular flexibility index (Phi) is 4.93. The van der Waals surface area contributed by atoms with E-state index in [0.29, 0.717) is 23.9 Å². The van der Waals surface area contributed by atoms with Gasteiger partial charge in [-0.15, -0.1) is 0 Å². The molecule has 1 aliphatic carbocycles. The monoisotopic (exact) mass is 339 g/mol. The summed E-state index contributed by atoms with van der Waals surface area (Å²) in [5, 5.41) is 6.84. The van der Waals surface area contributed by atoms with Gasteiger partial charge in [-0.2, -0.15) is 4.98 Å². The molecule has 0 bridgehead atoms. The highest BCUT2D eigenvalue weighted by atomic mass is 15.2. The van der Waals surface area contributed by atoms with Crippen molar-refractivity contribution in [3.05, 3.63) is 35.2 Å². The van der Waals surface area contributed by atoms with Gasteiger partial charge in [-0.1, -0.05) is 26.8 Å². The standard InChI is InChI=1S/C20H29N5/c1-11-7-8-17(15(5)13(11)3)23-19-21-10-22-20(25-19)24-18-9-12(2)14(4)16(18)6/h7-8,10,12,14,16,18H,9H2,1-6H3,(H2,21,22,23,24,25). The molecule has 5 heteroatoms. The molecule has 0 radical (unpaired) electrons. The van der Waals surface area contributed by atoms with E-state index in [1.807, 2.05) is 0 Å². The van der Waals surface area contributed by atoms with E-state index >= 15 is 0 Å². The second kappa shape index (κ2) is 6.98. The largest absolute Gasteiger partial charge is 0.351 e. The van der Waals surface area contributed by atoms with Crippen molar-refractivity contribution in [3.8, 4) is 0 Å². The molecule has 1 heterocycles. The first kappa shape index (κ1) is 17.6. The average molecular weight is 339 g/mol. The molecule has 0 saturated heterocycles. The number of anilines is 3. The Morgan fingerprint density at radius 3 is 2.32 bits per heavy atom. The Morgan fingerprint density at radius 1 is 0.920 bits per heavy atom. The van der Waals surface area contributed by atoms with Crippen molar-refractivity contribution in [3.63, 3.8) is 0 Å². The quantitative estimate of drug-likeness (QED) is 0.850. The van der Waals surface area contributed by atoms with Crippen molar-refractivity contribution in [2.75, 3.05) is 10.6 Å². The fraction of sp³-hybridized carbons (Fsp3) is 0.550. The molecule has 2 N–H and O–H groups in total. The summed E-state index contributed by atoms with van der Waals surface area (Å²) < 4.78 is 0. The SMILES string of the molecule is Cc1ccc(Nc2ncnc(NC3CC(C)C(C)C3C)n2)c(C)c1C. The molecular formula is C20H29N5. The van der Waals surface area contributed by atoms with E-state index in [1.54, 1.807) is 6.33 Å². The minimum absolute atomic E-state index is 0.420. The molecule has 0 spiro atoms. The predicted octanol–water partition coefficient (Wildman–Crippen LogP) is 4.63. The van der Waals surface area contributed by atoms with Crippen LogP contribution in [-0.4, -0.2) is 21.0 Å². The van der Waals surface area contributed by atoms with Gasteiger partial charge < -0.3 is 10.6 Å². The van der Waals surface area contributed by atoms with Gasteiger partial charge in [0.05, 0.1) is 0 Å². The Hall–Kier alpha value is -2.17. The number of rotatable bonds is 4. The first-order valence-electron chi connectivity index (χ1n) is 9.16. The van der Waals surface area contributed by atoms with Gasteiger partial charge >= 0.3 is 0 Å². The van der Waals surface area contributed by atoms with Crippen LogP contribution in [-0.2, 0) is 0 Å². The third-order valence-corrected chi connectivity index (χ3v) is 6.18. The van der Waals surface area contributed by atoms with Crippen molar-refractivity contribution >= 4 is 17.6 Å². The molecule has 1 aromatic heterocycles. The number of aryl methyl sites for hydroxylation is 1. The first-order chi connectivity index (χ1) is 11.9. The van der Waals surface area contributed by atoms with Gasteiger partial charge in [0.2, 0.25) is 11.9 Å². The molecule has 134 valence electrons. The van der Waals surface area contributed by atoms with Crippen LogP contribution in [0.1, 0.15) is 43.9 Å². The van der Waals surface area contributed by atoms with E-state index < -0.39 is 0 Å². The minimum Gasteiger partial charge on any atom is -0.351 e. The molecule has 5 nitrogen and oxygen atoms in total. The summed E-state index contributed by atoms with van der Waals surface area (Å²) in [6, 6.07) is 4.62. The highest BCUT2D eigenvalue weighted by molar-refractivity contribution is 5.61. The number of hydrogen-bond acceptors (Lipinski definition) is 5. The lowest BCUT2D eigenvalue weighted by Gasteiger charge is -2.20. The van der Waals surface area contributed by atoms with Gasteiger partial charge in [-0.05, 0) is 67.7 Å². The Labute approximate surface area is 150 Å². The Bertz CT molecular complexity index is 758. The maximum atomic E-state index is 4.56. The van der Waals surface area contributed by atoms with Gasteiger partial charge in [0.1, 0.15) is 6.33 Å². The highest BCUT2D eigenvalue weighted by Gasteiger charge is 2.35. The van der Waals surface area contributed by atoms with Crippen molar-refractivity contribution in [2.45, 2.75) is 54.0 Å². The van der Waals surface area contributed by atoms with E-state index in [1.165, 1.54) is 16.7 Å². The zero-order valence-electron chi connectivity index (χ0n) is 16.1. The maximum Gasteiger partial charge on any atom is 0.232 e. The third kappa shape index (κ3) is 3.60. The Morgan fingerprint density at radius 2 is 1.64 bits per heavy atom. The zero-order valence-corrected chi connectivity index (χ0v) is 16.1. The van der Waals surface area contributed by atoms with Crippen molar-refractivity contribution in [1.82, 2.24) is 15.0 Å².